The fraction of sp³-hybridized carbons (Fsp3) is 0.571. The zero-order valence-corrected chi connectivity index (χ0v) is 11.2. The van der Waals surface area contributed by atoms with E-state index in [9.17, 15) is 4.39 Å². The Bertz CT molecular complexity index is 434. The number of ether oxygens (including phenoxy) is 1. The van der Waals surface area contributed by atoms with E-state index in [-0.39, 0.29) is 23.2 Å². The molecule has 1 saturated heterocycles. The Balaban J connectivity index is 2.06. The van der Waals surface area contributed by atoms with E-state index in [0.717, 1.165) is 25.2 Å². The molecule has 0 bridgehead atoms. The van der Waals surface area contributed by atoms with Gasteiger partial charge in [-0.3, -0.25) is 4.90 Å². The standard InChI is InChI=1S/C14H21FN2O/c1-10-7-17(9-14(2,3)18-10)8-11-4-5-13(16)12(15)6-11/h4-6,10H,7-9,16H2,1-3H3. The van der Waals surface area contributed by atoms with Gasteiger partial charge in [0.1, 0.15) is 5.82 Å². The summed E-state index contributed by atoms with van der Waals surface area (Å²) in [5, 5.41) is 0. The number of rotatable bonds is 2. The summed E-state index contributed by atoms with van der Waals surface area (Å²) in [7, 11) is 0. The van der Waals surface area contributed by atoms with Gasteiger partial charge in [0, 0.05) is 19.6 Å². The fourth-order valence-corrected chi connectivity index (χ4v) is 2.63. The Kier molecular flexibility index (Phi) is 3.59. The van der Waals surface area contributed by atoms with Crippen LogP contribution in [0.3, 0.4) is 0 Å². The van der Waals surface area contributed by atoms with Crippen LogP contribution < -0.4 is 5.73 Å². The molecular formula is C14H21FN2O. The lowest BCUT2D eigenvalue weighted by Crippen LogP contribution is -2.51. The van der Waals surface area contributed by atoms with Gasteiger partial charge >= 0.3 is 0 Å². The number of nitrogens with zero attached hydrogens (tertiary/aromatic N) is 1. The molecule has 1 heterocycles. The highest BCUT2D eigenvalue weighted by atomic mass is 19.1. The smallest absolute Gasteiger partial charge is 0.146 e. The zero-order valence-electron chi connectivity index (χ0n) is 11.2. The minimum absolute atomic E-state index is 0.149. The van der Waals surface area contributed by atoms with Crippen molar-refractivity contribution in [3.05, 3.63) is 29.6 Å². The number of hydrogen-bond donors (Lipinski definition) is 1. The van der Waals surface area contributed by atoms with Gasteiger partial charge in [0.2, 0.25) is 0 Å². The third-order valence-corrected chi connectivity index (χ3v) is 3.11. The molecule has 0 spiro atoms. The van der Waals surface area contributed by atoms with Gasteiger partial charge < -0.3 is 10.5 Å². The molecule has 100 valence electrons. The van der Waals surface area contributed by atoms with Crippen LogP contribution in [0.5, 0.6) is 0 Å². The van der Waals surface area contributed by atoms with Gasteiger partial charge in [-0.15, -0.1) is 0 Å². The molecule has 1 aliphatic rings. The second kappa shape index (κ2) is 4.86. The lowest BCUT2D eigenvalue weighted by molar-refractivity contribution is -0.130. The summed E-state index contributed by atoms with van der Waals surface area (Å²) in [6.45, 7) is 8.68. The van der Waals surface area contributed by atoms with Crippen LogP contribution in [0.15, 0.2) is 18.2 Å². The SMILES string of the molecule is CC1CN(Cc2ccc(N)c(F)c2)CC(C)(C)O1. The van der Waals surface area contributed by atoms with Crippen LogP contribution in [-0.4, -0.2) is 29.7 Å². The predicted molar refractivity (Wildman–Crippen MR) is 70.7 cm³/mol. The summed E-state index contributed by atoms with van der Waals surface area (Å²) in [4.78, 5) is 2.29. The summed E-state index contributed by atoms with van der Waals surface area (Å²) in [6, 6.07) is 5.02. The highest BCUT2D eigenvalue weighted by Gasteiger charge is 2.31. The third-order valence-electron chi connectivity index (χ3n) is 3.11. The van der Waals surface area contributed by atoms with E-state index < -0.39 is 0 Å². The lowest BCUT2D eigenvalue weighted by atomic mass is 10.0. The quantitative estimate of drug-likeness (QED) is 0.821. The van der Waals surface area contributed by atoms with Crippen LogP contribution >= 0.6 is 0 Å². The lowest BCUT2D eigenvalue weighted by Gasteiger charge is -2.41. The van der Waals surface area contributed by atoms with Gasteiger partial charge in [0.25, 0.3) is 0 Å². The van der Waals surface area contributed by atoms with Gasteiger partial charge in [-0.25, -0.2) is 4.39 Å². The van der Waals surface area contributed by atoms with Crippen LogP contribution in [0.4, 0.5) is 10.1 Å². The molecule has 1 unspecified atom stereocenters. The maximum atomic E-state index is 13.4. The van der Waals surface area contributed by atoms with Crippen molar-refractivity contribution in [1.82, 2.24) is 4.90 Å². The molecule has 0 saturated carbocycles. The first kappa shape index (κ1) is 13.3. The molecule has 18 heavy (non-hydrogen) atoms. The first-order valence-electron chi connectivity index (χ1n) is 6.30. The molecule has 0 amide bonds. The summed E-state index contributed by atoms with van der Waals surface area (Å²) >= 11 is 0. The minimum atomic E-state index is -0.340. The molecule has 0 aliphatic carbocycles. The van der Waals surface area contributed by atoms with E-state index in [1.807, 2.05) is 6.07 Å². The Labute approximate surface area is 108 Å². The molecule has 0 radical (unpaired) electrons. The maximum Gasteiger partial charge on any atom is 0.146 e. The van der Waals surface area contributed by atoms with Gasteiger partial charge in [0.15, 0.2) is 0 Å². The Morgan fingerprint density at radius 3 is 2.83 bits per heavy atom. The highest BCUT2D eigenvalue weighted by molar-refractivity contribution is 5.41. The molecular weight excluding hydrogens is 231 g/mol. The number of nitrogens with two attached hydrogens (primary N) is 1. The average Bonchev–Trinajstić information content (AvgIpc) is 2.20. The highest BCUT2D eigenvalue weighted by Crippen LogP contribution is 2.23. The molecule has 2 N–H and O–H groups in total. The molecule has 4 heteroatoms. The maximum absolute atomic E-state index is 13.4. The second-order valence-corrected chi connectivity index (χ2v) is 5.71. The topological polar surface area (TPSA) is 38.5 Å². The molecule has 1 aromatic carbocycles. The summed E-state index contributed by atoms with van der Waals surface area (Å²) in [5.41, 5.74) is 6.48. The van der Waals surface area contributed by atoms with Gasteiger partial charge in [-0.05, 0) is 38.5 Å². The van der Waals surface area contributed by atoms with Crippen LogP contribution in [0.25, 0.3) is 0 Å². The van der Waals surface area contributed by atoms with Crippen LogP contribution in [-0.2, 0) is 11.3 Å². The minimum Gasteiger partial charge on any atom is -0.396 e. The predicted octanol–water partition coefficient (Wildman–Crippen LogP) is 2.41. The molecule has 3 nitrogen and oxygen atoms in total. The van der Waals surface area contributed by atoms with Crippen molar-refractivity contribution in [2.45, 2.75) is 39.0 Å². The first-order valence-corrected chi connectivity index (χ1v) is 6.30. The summed E-state index contributed by atoms with van der Waals surface area (Å²) in [5.74, 6) is -0.340. The Morgan fingerprint density at radius 2 is 2.22 bits per heavy atom. The average molecular weight is 252 g/mol. The van der Waals surface area contributed by atoms with Crippen LogP contribution in [0.2, 0.25) is 0 Å². The van der Waals surface area contributed by atoms with Crippen molar-refractivity contribution < 1.29 is 9.13 Å². The number of benzene rings is 1. The van der Waals surface area contributed by atoms with Crippen molar-refractivity contribution in [2.75, 3.05) is 18.8 Å². The van der Waals surface area contributed by atoms with E-state index in [0.29, 0.717) is 0 Å². The van der Waals surface area contributed by atoms with E-state index in [4.69, 9.17) is 10.5 Å². The summed E-state index contributed by atoms with van der Waals surface area (Å²) in [6.07, 6.45) is 0.201. The van der Waals surface area contributed by atoms with Crippen LogP contribution in [0.1, 0.15) is 26.3 Å². The number of nitrogen functional groups attached to an aromatic ring is 1. The Morgan fingerprint density at radius 1 is 1.50 bits per heavy atom. The van der Waals surface area contributed by atoms with E-state index in [2.05, 4.69) is 25.7 Å². The molecule has 1 aromatic rings. The third kappa shape index (κ3) is 3.21. The van der Waals surface area contributed by atoms with Crippen molar-refractivity contribution in [3.8, 4) is 0 Å². The molecule has 1 fully saturated rings. The van der Waals surface area contributed by atoms with E-state index in [1.54, 1.807) is 6.07 Å². The van der Waals surface area contributed by atoms with Crippen molar-refractivity contribution in [1.29, 1.82) is 0 Å². The van der Waals surface area contributed by atoms with E-state index in [1.165, 1.54) is 6.07 Å². The van der Waals surface area contributed by atoms with E-state index >= 15 is 0 Å². The second-order valence-electron chi connectivity index (χ2n) is 5.71. The zero-order chi connectivity index (χ0) is 13.3. The normalized spacial score (nSPS) is 24.1. The molecule has 1 atom stereocenters. The van der Waals surface area contributed by atoms with Crippen molar-refractivity contribution in [3.63, 3.8) is 0 Å². The monoisotopic (exact) mass is 252 g/mol. The number of hydrogen-bond acceptors (Lipinski definition) is 3. The van der Waals surface area contributed by atoms with Crippen LogP contribution in [0, 0.1) is 5.82 Å². The van der Waals surface area contributed by atoms with Crippen molar-refractivity contribution in [2.24, 2.45) is 0 Å². The molecule has 0 aromatic heterocycles. The number of halogens is 1. The number of morpholine rings is 1. The van der Waals surface area contributed by atoms with Gasteiger partial charge in [-0.1, -0.05) is 6.07 Å². The number of anilines is 1. The summed E-state index contributed by atoms with van der Waals surface area (Å²) < 4.78 is 19.2. The van der Waals surface area contributed by atoms with Gasteiger partial charge in [0.05, 0.1) is 17.4 Å². The Hall–Kier alpha value is -1.13. The van der Waals surface area contributed by atoms with Crippen molar-refractivity contribution >= 4 is 5.69 Å². The molecule has 2 rings (SSSR count). The molecule has 1 aliphatic heterocycles. The van der Waals surface area contributed by atoms with Gasteiger partial charge in [-0.2, -0.15) is 0 Å². The first-order chi connectivity index (χ1) is 8.35. The fourth-order valence-electron chi connectivity index (χ4n) is 2.63. The largest absolute Gasteiger partial charge is 0.396 e.